The number of benzene rings is 1. The molecule has 0 heterocycles. The summed E-state index contributed by atoms with van der Waals surface area (Å²) in [5.41, 5.74) is 6.68. The average molecular weight is 293 g/mol. The number of rotatable bonds is 4. The highest BCUT2D eigenvalue weighted by Crippen LogP contribution is 2.29. The van der Waals surface area contributed by atoms with Crippen molar-refractivity contribution in [3.63, 3.8) is 0 Å². The van der Waals surface area contributed by atoms with Gasteiger partial charge in [-0.05, 0) is 37.6 Å². The molecular formula is C11H15BrClNO. The molecule has 0 bridgehead atoms. The summed E-state index contributed by atoms with van der Waals surface area (Å²) in [6, 6.07) is 5.74. The maximum atomic E-state index is 9.35. The van der Waals surface area contributed by atoms with E-state index in [1.165, 1.54) is 0 Å². The van der Waals surface area contributed by atoms with Crippen LogP contribution in [-0.2, 0) is 0 Å². The molecule has 0 amide bonds. The molecule has 1 aromatic rings. The zero-order chi connectivity index (χ0) is 11.4. The van der Waals surface area contributed by atoms with E-state index in [9.17, 15) is 5.11 Å². The van der Waals surface area contributed by atoms with Gasteiger partial charge in [0.05, 0.1) is 6.10 Å². The van der Waals surface area contributed by atoms with E-state index in [4.69, 9.17) is 17.3 Å². The predicted molar refractivity (Wildman–Crippen MR) is 67.2 cm³/mol. The lowest BCUT2D eigenvalue weighted by molar-refractivity contribution is 0.175. The minimum atomic E-state index is -0.363. The maximum absolute atomic E-state index is 9.35. The largest absolute Gasteiger partial charge is 0.393 e. The summed E-state index contributed by atoms with van der Waals surface area (Å²) in [6.45, 7) is 2.25. The lowest BCUT2D eigenvalue weighted by Crippen LogP contribution is -2.17. The van der Waals surface area contributed by atoms with Gasteiger partial charge in [0.25, 0.3) is 0 Å². The summed E-state index contributed by atoms with van der Waals surface area (Å²) in [7, 11) is 0. The zero-order valence-corrected chi connectivity index (χ0v) is 10.9. The van der Waals surface area contributed by atoms with Crippen LogP contribution in [0.2, 0.25) is 5.02 Å². The van der Waals surface area contributed by atoms with E-state index in [-0.39, 0.29) is 12.0 Å². The summed E-state index contributed by atoms with van der Waals surface area (Å²) in [6.07, 6.45) is 0.274. The molecule has 0 radical (unpaired) electrons. The second-order valence-corrected chi connectivity index (χ2v) is 5.01. The Kier molecular flexibility index (Phi) is 5.06. The van der Waals surface area contributed by atoms with Gasteiger partial charge in [-0.1, -0.05) is 33.6 Å². The molecule has 0 saturated carbocycles. The molecule has 0 aliphatic rings. The van der Waals surface area contributed by atoms with Crippen molar-refractivity contribution in [1.29, 1.82) is 0 Å². The van der Waals surface area contributed by atoms with Gasteiger partial charge < -0.3 is 10.8 Å². The highest BCUT2D eigenvalue weighted by atomic mass is 79.9. The van der Waals surface area contributed by atoms with Gasteiger partial charge >= 0.3 is 0 Å². The summed E-state index contributed by atoms with van der Waals surface area (Å²) < 4.78 is 0.948. The van der Waals surface area contributed by atoms with Crippen LogP contribution >= 0.6 is 27.5 Å². The number of aliphatic hydroxyl groups is 1. The Morgan fingerprint density at radius 3 is 2.67 bits per heavy atom. The van der Waals surface area contributed by atoms with E-state index >= 15 is 0 Å². The Bertz CT molecular complexity index is 330. The Morgan fingerprint density at radius 1 is 1.53 bits per heavy atom. The molecule has 0 aliphatic carbocycles. The molecule has 3 N–H and O–H groups in total. The Morgan fingerprint density at radius 2 is 2.20 bits per heavy atom. The van der Waals surface area contributed by atoms with Crippen LogP contribution in [0.15, 0.2) is 22.7 Å². The minimum Gasteiger partial charge on any atom is -0.393 e. The minimum absolute atomic E-state index is 0.116. The summed E-state index contributed by atoms with van der Waals surface area (Å²) in [5.74, 6) is 0.116. The number of hydrogen-bond donors (Lipinski definition) is 2. The Hall–Kier alpha value is -0.0900. The number of nitrogens with two attached hydrogens (primary N) is 1. The summed E-state index contributed by atoms with van der Waals surface area (Å²) in [5, 5.41) is 10.0. The average Bonchev–Trinajstić information content (AvgIpc) is 2.14. The van der Waals surface area contributed by atoms with Crippen LogP contribution in [0.4, 0.5) is 0 Å². The smallest absolute Gasteiger partial charge is 0.0518 e. The van der Waals surface area contributed by atoms with Gasteiger partial charge in [-0.2, -0.15) is 0 Å². The van der Waals surface area contributed by atoms with Crippen LogP contribution in [0.25, 0.3) is 0 Å². The molecule has 15 heavy (non-hydrogen) atoms. The molecule has 2 nitrogen and oxygen atoms in total. The van der Waals surface area contributed by atoms with Gasteiger partial charge in [-0.3, -0.25) is 0 Å². The third-order valence-electron chi connectivity index (χ3n) is 2.31. The van der Waals surface area contributed by atoms with Gasteiger partial charge in [0.2, 0.25) is 0 Å². The van der Waals surface area contributed by atoms with E-state index in [1.807, 2.05) is 18.2 Å². The molecule has 2 unspecified atom stereocenters. The molecule has 0 aromatic heterocycles. The fourth-order valence-electron chi connectivity index (χ4n) is 1.59. The molecule has 0 spiro atoms. The van der Waals surface area contributed by atoms with Gasteiger partial charge in [0, 0.05) is 15.4 Å². The monoisotopic (exact) mass is 291 g/mol. The summed E-state index contributed by atoms with van der Waals surface area (Å²) in [4.78, 5) is 0. The topological polar surface area (TPSA) is 46.2 Å². The lowest BCUT2D eigenvalue weighted by atomic mass is 9.93. The number of hydrogen-bond acceptors (Lipinski definition) is 2. The third-order valence-corrected chi connectivity index (χ3v) is 3.13. The van der Waals surface area contributed by atoms with Crippen LogP contribution in [0.1, 0.15) is 24.8 Å². The van der Waals surface area contributed by atoms with Crippen molar-refractivity contribution in [3.05, 3.63) is 33.3 Å². The van der Waals surface area contributed by atoms with Gasteiger partial charge in [-0.25, -0.2) is 0 Å². The van der Waals surface area contributed by atoms with Crippen molar-refractivity contribution in [3.8, 4) is 0 Å². The first-order valence-corrected chi connectivity index (χ1v) is 6.04. The van der Waals surface area contributed by atoms with Crippen LogP contribution < -0.4 is 5.73 Å². The fourth-order valence-corrected chi connectivity index (χ4v) is 2.42. The van der Waals surface area contributed by atoms with Gasteiger partial charge in [-0.15, -0.1) is 0 Å². The molecule has 2 atom stereocenters. The van der Waals surface area contributed by atoms with Crippen LogP contribution in [0, 0.1) is 0 Å². The van der Waals surface area contributed by atoms with Crippen molar-refractivity contribution in [2.45, 2.75) is 25.4 Å². The van der Waals surface area contributed by atoms with Crippen molar-refractivity contribution in [1.82, 2.24) is 0 Å². The van der Waals surface area contributed by atoms with Crippen molar-refractivity contribution in [2.24, 2.45) is 5.73 Å². The number of halogens is 2. The van der Waals surface area contributed by atoms with E-state index in [1.54, 1.807) is 6.92 Å². The normalized spacial score (nSPS) is 15.0. The second kappa shape index (κ2) is 5.85. The summed E-state index contributed by atoms with van der Waals surface area (Å²) >= 11 is 9.47. The highest BCUT2D eigenvalue weighted by molar-refractivity contribution is 9.10. The van der Waals surface area contributed by atoms with Crippen molar-refractivity contribution < 1.29 is 5.11 Å². The second-order valence-electron chi connectivity index (χ2n) is 3.68. The zero-order valence-electron chi connectivity index (χ0n) is 8.58. The molecule has 0 fully saturated rings. The van der Waals surface area contributed by atoms with Crippen LogP contribution in [0.5, 0.6) is 0 Å². The maximum Gasteiger partial charge on any atom is 0.0518 e. The first-order valence-electron chi connectivity index (χ1n) is 4.87. The van der Waals surface area contributed by atoms with Crippen LogP contribution in [-0.4, -0.2) is 17.8 Å². The molecular weight excluding hydrogens is 277 g/mol. The first kappa shape index (κ1) is 13.0. The molecule has 0 aliphatic heterocycles. The van der Waals surface area contributed by atoms with Crippen molar-refractivity contribution in [2.75, 3.05) is 6.54 Å². The van der Waals surface area contributed by atoms with E-state index < -0.39 is 0 Å². The molecule has 4 heteroatoms. The highest BCUT2D eigenvalue weighted by Gasteiger charge is 2.15. The standard InChI is InChI=1S/C11H15BrClNO/c1-7(15)4-8(6-14)10-3-2-9(12)5-11(10)13/h2-3,5,7-8,15H,4,6,14H2,1H3. The third kappa shape index (κ3) is 3.76. The van der Waals surface area contributed by atoms with E-state index in [2.05, 4.69) is 15.9 Å². The van der Waals surface area contributed by atoms with Crippen LogP contribution in [0.3, 0.4) is 0 Å². The quantitative estimate of drug-likeness (QED) is 0.896. The predicted octanol–water partition coefficient (Wildman–Crippen LogP) is 2.92. The lowest BCUT2D eigenvalue weighted by Gasteiger charge is -2.18. The molecule has 84 valence electrons. The fraction of sp³-hybridized carbons (Fsp3) is 0.455. The first-order chi connectivity index (χ1) is 7.04. The molecule has 1 aromatic carbocycles. The Balaban J connectivity index is 2.91. The molecule has 1 rings (SSSR count). The Labute approximate surface area is 104 Å². The molecule has 0 saturated heterocycles. The van der Waals surface area contributed by atoms with Crippen molar-refractivity contribution >= 4 is 27.5 Å². The van der Waals surface area contributed by atoms with Gasteiger partial charge in [0.15, 0.2) is 0 Å². The van der Waals surface area contributed by atoms with Gasteiger partial charge in [0.1, 0.15) is 0 Å². The van der Waals surface area contributed by atoms with E-state index in [0.717, 1.165) is 10.0 Å². The SMILES string of the molecule is CC(O)CC(CN)c1ccc(Br)cc1Cl. The van der Waals surface area contributed by atoms with E-state index in [0.29, 0.717) is 18.0 Å². The number of aliphatic hydroxyl groups excluding tert-OH is 1.